The zero-order valence-corrected chi connectivity index (χ0v) is 16.5. The Morgan fingerprint density at radius 3 is 2.61 bits per heavy atom. The maximum atomic E-state index is 12.9. The van der Waals surface area contributed by atoms with Crippen molar-refractivity contribution >= 4 is 11.8 Å². The number of carbonyl (C=O) groups is 1. The molecule has 6 nitrogen and oxygen atoms in total. The van der Waals surface area contributed by atoms with Crippen LogP contribution in [0.2, 0.25) is 0 Å². The van der Waals surface area contributed by atoms with Crippen LogP contribution in [0.4, 0.5) is 10.6 Å². The number of hydrogen-bond acceptors (Lipinski definition) is 4. The molecule has 2 saturated heterocycles. The average Bonchev–Trinajstić information content (AvgIpc) is 3.26. The van der Waals surface area contributed by atoms with E-state index in [1.165, 1.54) is 11.1 Å². The van der Waals surface area contributed by atoms with E-state index in [0.29, 0.717) is 17.4 Å². The van der Waals surface area contributed by atoms with Crippen LogP contribution in [0.5, 0.6) is 0 Å². The first kappa shape index (κ1) is 18.3. The topological polar surface area (TPSA) is 63.5 Å². The Morgan fingerprint density at radius 1 is 1.18 bits per heavy atom. The highest BCUT2D eigenvalue weighted by molar-refractivity contribution is 5.75. The average molecular weight is 375 g/mol. The van der Waals surface area contributed by atoms with Crippen LogP contribution >= 0.6 is 0 Å². The molecule has 0 spiro atoms. The molecule has 3 atom stereocenters. The summed E-state index contributed by atoms with van der Waals surface area (Å²) in [5.74, 6) is 1.68. The van der Waals surface area contributed by atoms with E-state index in [9.17, 15) is 4.79 Å². The Labute approximate surface area is 166 Å². The first-order valence-corrected chi connectivity index (χ1v) is 9.64. The van der Waals surface area contributed by atoms with Crippen molar-refractivity contribution in [3.05, 3.63) is 59.3 Å². The summed E-state index contributed by atoms with van der Waals surface area (Å²) in [6.07, 6.45) is 1.63. The van der Waals surface area contributed by atoms with Gasteiger partial charge in [-0.25, -0.2) is 9.78 Å². The molecule has 144 valence electrons. The molecule has 2 aliphatic heterocycles. The molecular weight excluding hydrogens is 350 g/mol. The van der Waals surface area contributed by atoms with E-state index in [1.54, 1.807) is 11.1 Å². The van der Waals surface area contributed by atoms with Crippen LogP contribution in [0.3, 0.4) is 0 Å². The van der Waals surface area contributed by atoms with E-state index in [0.717, 1.165) is 25.5 Å². The smallest absolute Gasteiger partial charge is 0.320 e. The molecular formula is C22H25N5O. The standard InChI is InChI=1S/C22H25N5O/c1-15-6-4-5-7-18(15)21-19-14-26(20-9-8-16(10-23)11-24-20)12-17(19)13-27(21)22(28)25(2)3/h4-9,11,17,19,21H,12-14H2,1-3H3/t17-,19-,21+/m1/s1. The fraction of sp³-hybridized carbons (Fsp3) is 0.409. The third kappa shape index (κ3) is 3.07. The zero-order valence-electron chi connectivity index (χ0n) is 16.5. The molecule has 0 aliphatic carbocycles. The van der Waals surface area contributed by atoms with E-state index >= 15 is 0 Å². The molecule has 1 aromatic heterocycles. The van der Waals surface area contributed by atoms with Gasteiger partial charge in [-0.05, 0) is 30.2 Å². The lowest BCUT2D eigenvalue weighted by Crippen LogP contribution is -2.41. The Hall–Kier alpha value is -3.07. The summed E-state index contributed by atoms with van der Waals surface area (Å²) < 4.78 is 0. The van der Waals surface area contributed by atoms with Gasteiger partial charge in [0.15, 0.2) is 0 Å². The van der Waals surface area contributed by atoms with Gasteiger partial charge in [0.05, 0.1) is 11.6 Å². The van der Waals surface area contributed by atoms with Gasteiger partial charge in [-0.3, -0.25) is 0 Å². The summed E-state index contributed by atoms with van der Waals surface area (Å²) in [4.78, 5) is 23.4. The fourth-order valence-corrected chi connectivity index (χ4v) is 4.64. The van der Waals surface area contributed by atoms with Crippen LogP contribution in [0, 0.1) is 30.1 Å². The van der Waals surface area contributed by atoms with Crippen molar-refractivity contribution in [3.63, 3.8) is 0 Å². The molecule has 0 radical (unpaired) electrons. The predicted octanol–water partition coefficient (Wildman–Crippen LogP) is 3.05. The highest BCUT2D eigenvalue weighted by Gasteiger charge is 2.50. The number of benzene rings is 1. The van der Waals surface area contributed by atoms with E-state index in [1.807, 2.05) is 37.2 Å². The molecule has 2 amide bonds. The molecule has 2 aliphatic rings. The Bertz CT molecular complexity index is 917. The lowest BCUT2D eigenvalue weighted by atomic mass is 9.88. The summed E-state index contributed by atoms with van der Waals surface area (Å²) >= 11 is 0. The summed E-state index contributed by atoms with van der Waals surface area (Å²) in [5, 5.41) is 8.99. The summed E-state index contributed by atoms with van der Waals surface area (Å²) in [5.41, 5.74) is 3.03. The normalized spacial score (nSPS) is 23.4. The number of amides is 2. The molecule has 0 bridgehead atoms. The maximum Gasteiger partial charge on any atom is 0.320 e. The molecule has 6 heteroatoms. The highest BCUT2D eigenvalue weighted by atomic mass is 16.2. The van der Waals surface area contributed by atoms with Crippen molar-refractivity contribution in [3.8, 4) is 6.07 Å². The van der Waals surface area contributed by atoms with Crippen LogP contribution in [0.1, 0.15) is 22.7 Å². The number of aryl methyl sites for hydroxylation is 1. The highest BCUT2D eigenvalue weighted by Crippen LogP contribution is 2.46. The van der Waals surface area contributed by atoms with Crippen molar-refractivity contribution in [2.45, 2.75) is 13.0 Å². The number of likely N-dealkylation sites (tertiary alicyclic amines) is 1. The van der Waals surface area contributed by atoms with Crippen LogP contribution in [-0.2, 0) is 0 Å². The second-order valence-electron chi connectivity index (χ2n) is 7.98. The van der Waals surface area contributed by atoms with Gasteiger partial charge in [0, 0.05) is 51.8 Å². The molecule has 2 aromatic rings. The summed E-state index contributed by atoms with van der Waals surface area (Å²) in [6, 6.07) is 14.4. The third-order valence-corrected chi connectivity index (χ3v) is 6.00. The number of nitrogens with zero attached hydrogens (tertiary/aromatic N) is 5. The van der Waals surface area contributed by atoms with Crippen molar-refractivity contribution in [2.75, 3.05) is 38.6 Å². The monoisotopic (exact) mass is 375 g/mol. The number of rotatable bonds is 2. The Balaban J connectivity index is 1.64. The number of fused-ring (bicyclic) bond motifs is 1. The minimum atomic E-state index is 0.0736. The Morgan fingerprint density at radius 2 is 1.96 bits per heavy atom. The molecule has 3 heterocycles. The lowest BCUT2D eigenvalue weighted by Gasteiger charge is -2.32. The quantitative estimate of drug-likeness (QED) is 0.809. The number of pyridine rings is 1. The van der Waals surface area contributed by atoms with Gasteiger partial charge in [0.25, 0.3) is 0 Å². The maximum absolute atomic E-state index is 12.9. The predicted molar refractivity (Wildman–Crippen MR) is 108 cm³/mol. The molecule has 4 rings (SSSR count). The number of hydrogen-bond donors (Lipinski definition) is 0. The van der Waals surface area contributed by atoms with E-state index in [2.05, 4.69) is 41.1 Å². The van der Waals surface area contributed by atoms with Gasteiger partial charge in [-0.15, -0.1) is 0 Å². The first-order valence-electron chi connectivity index (χ1n) is 9.64. The number of aromatic nitrogens is 1. The molecule has 0 saturated carbocycles. The number of anilines is 1. The van der Waals surface area contributed by atoms with Crippen LogP contribution in [0.15, 0.2) is 42.6 Å². The number of carbonyl (C=O) groups excluding carboxylic acids is 1. The fourth-order valence-electron chi connectivity index (χ4n) is 4.64. The largest absolute Gasteiger partial charge is 0.356 e. The van der Waals surface area contributed by atoms with E-state index < -0.39 is 0 Å². The van der Waals surface area contributed by atoms with Crippen LogP contribution < -0.4 is 4.90 Å². The van der Waals surface area contributed by atoms with Gasteiger partial charge in [0.1, 0.15) is 11.9 Å². The van der Waals surface area contributed by atoms with E-state index in [-0.39, 0.29) is 12.1 Å². The van der Waals surface area contributed by atoms with Crippen molar-refractivity contribution < 1.29 is 4.79 Å². The zero-order chi connectivity index (χ0) is 19.8. The Kier molecular flexibility index (Phi) is 4.68. The molecule has 28 heavy (non-hydrogen) atoms. The minimum Gasteiger partial charge on any atom is -0.356 e. The van der Waals surface area contributed by atoms with Gasteiger partial charge in [-0.2, -0.15) is 5.26 Å². The SMILES string of the molecule is Cc1ccccc1[C@H]1[C@@H]2CN(c3ccc(C#N)cn3)C[C@@H]2CN1C(=O)N(C)C. The lowest BCUT2D eigenvalue weighted by molar-refractivity contribution is 0.159. The number of urea groups is 1. The molecule has 1 aromatic carbocycles. The molecule has 2 fully saturated rings. The first-order chi connectivity index (χ1) is 13.5. The number of nitriles is 1. The summed E-state index contributed by atoms with van der Waals surface area (Å²) in [6.45, 7) is 4.62. The van der Waals surface area contributed by atoms with Crippen LogP contribution in [-0.4, -0.2) is 54.5 Å². The van der Waals surface area contributed by atoms with Crippen LogP contribution in [0.25, 0.3) is 0 Å². The van der Waals surface area contributed by atoms with Crippen molar-refractivity contribution in [1.29, 1.82) is 5.26 Å². The van der Waals surface area contributed by atoms with Gasteiger partial charge >= 0.3 is 6.03 Å². The van der Waals surface area contributed by atoms with Crippen molar-refractivity contribution in [1.82, 2.24) is 14.8 Å². The van der Waals surface area contributed by atoms with Gasteiger partial charge in [0.2, 0.25) is 0 Å². The molecule has 0 N–H and O–H groups in total. The van der Waals surface area contributed by atoms with Gasteiger partial charge < -0.3 is 14.7 Å². The molecule has 0 unspecified atom stereocenters. The second kappa shape index (κ2) is 7.16. The van der Waals surface area contributed by atoms with Crippen molar-refractivity contribution in [2.24, 2.45) is 11.8 Å². The summed E-state index contributed by atoms with van der Waals surface area (Å²) in [7, 11) is 3.64. The minimum absolute atomic E-state index is 0.0736. The second-order valence-corrected chi connectivity index (χ2v) is 7.98. The third-order valence-electron chi connectivity index (χ3n) is 6.00. The van der Waals surface area contributed by atoms with Gasteiger partial charge in [-0.1, -0.05) is 24.3 Å². The van der Waals surface area contributed by atoms with E-state index in [4.69, 9.17) is 5.26 Å².